The molecular weight excluding hydrogens is 655 g/mol. The molecule has 4 aromatic rings. The molecule has 0 radical (unpaired) electrons. The second-order valence-corrected chi connectivity index (χ2v) is 14.9. The molecule has 2 fully saturated rings. The van der Waals surface area contributed by atoms with Crippen LogP contribution in [0.1, 0.15) is 43.4 Å². The summed E-state index contributed by atoms with van der Waals surface area (Å²) >= 11 is 0. The number of anilines is 3. The molecule has 2 N–H and O–H groups in total. The normalized spacial score (nSPS) is 15.6. The highest BCUT2D eigenvalue weighted by molar-refractivity contribution is 7.86. The molecule has 0 bridgehead atoms. The summed E-state index contributed by atoms with van der Waals surface area (Å²) in [6.45, 7) is 11.3. The summed E-state index contributed by atoms with van der Waals surface area (Å²) in [4.78, 5) is 30.5. The molecule has 2 aliphatic rings. The molecule has 2 amide bonds. The van der Waals surface area contributed by atoms with Gasteiger partial charge in [-0.25, -0.2) is 19.7 Å². The minimum absolute atomic E-state index is 0.0782. The number of benzene rings is 2. The number of aromatic nitrogens is 3. The van der Waals surface area contributed by atoms with Gasteiger partial charge in [0.15, 0.2) is 0 Å². The number of rotatable bonds is 12. The number of likely N-dealkylation sites (tertiary alicyclic amines) is 1. The molecule has 2 aromatic heterocycles. The second-order valence-electron chi connectivity index (χ2n) is 13.3. The molecule has 2 aliphatic heterocycles. The van der Waals surface area contributed by atoms with Crippen LogP contribution in [-0.2, 0) is 25.6 Å². The molecule has 0 spiro atoms. The first-order valence-corrected chi connectivity index (χ1v) is 18.5. The van der Waals surface area contributed by atoms with Crippen molar-refractivity contribution in [1.29, 1.82) is 0 Å². The molecule has 0 saturated carbocycles. The first-order chi connectivity index (χ1) is 24.0. The van der Waals surface area contributed by atoms with E-state index in [1.807, 2.05) is 58.0 Å². The van der Waals surface area contributed by atoms with Gasteiger partial charge in [-0.2, -0.15) is 8.42 Å². The Hall–Kier alpha value is -4.59. The van der Waals surface area contributed by atoms with Crippen LogP contribution in [0.2, 0.25) is 0 Å². The standard InChI is InChI=1S/C37H45N7O5S/c1-25(2)49-32-22-44(23-32)37(45)40-20-30-8-7-29(19-27(30)4)34-13-16-38-36(42-34)41-31-9-12-35(39-21-31)43-17-14-28(15-18-43)24-48-50(46,47)33-10-5-26(3)6-11-33/h5-13,16,19,21,25,28,32H,14-15,17-18,20,22-24H2,1-4H3,(H,40,45)(H,38,41,42). The minimum Gasteiger partial charge on any atom is -0.372 e. The quantitative estimate of drug-likeness (QED) is 0.174. The van der Waals surface area contributed by atoms with Crippen molar-refractivity contribution in [3.63, 3.8) is 0 Å². The summed E-state index contributed by atoms with van der Waals surface area (Å²) in [6, 6.07) is 18.5. The van der Waals surface area contributed by atoms with Crippen molar-refractivity contribution in [2.45, 2.75) is 64.2 Å². The van der Waals surface area contributed by atoms with Gasteiger partial charge >= 0.3 is 6.03 Å². The largest absolute Gasteiger partial charge is 0.372 e. The summed E-state index contributed by atoms with van der Waals surface area (Å²) in [6.07, 6.45) is 5.39. The van der Waals surface area contributed by atoms with Crippen molar-refractivity contribution >= 4 is 33.6 Å². The van der Waals surface area contributed by atoms with Gasteiger partial charge in [0.2, 0.25) is 5.95 Å². The van der Waals surface area contributed by atoms with Crippen LogP contribution < -0.4 is 15.5 Å². The molecule has 0 unspecified atom stereocenters. The van der Waals surface area contributed by atoms with Crippen LogP contribution in [0, 0.1) is 19.8 Å². The van der Waals surface area contributed by atoms with Gasteiger partial charge in [-0.3, -0.25) is 4.18 Å². The molecule has 6 rings (SSSR count). The Kier molecular flexibility index (Phi) is 10.9. The van der Waals surface area contributed by atoms with Crippen molar-refractivity contribution in [1.82, 2.24) is 25.2 Å². The molecular formula is C37H45N7O5S. The van der Waals surface area contributed by atoms with Crippen molar-refractivity contribution in [2.75, 3.05) is 43.0 Å². The molecule has 2 saturated heterocycles. The van der Waals surface area contributed by atoms with Gasteiger partial charge in [-0.1, -0.05) is 29.8 Å². The van der Waals surface area contributed by atoms with Gasteiger partial charge in [0.1, 0.15) is 5.82 Å². The zero-order chi connectivity index (χ0) is 35.3. The number of nitrogens with one attached hydrogen (secondary N) is 2. The van der Waals surface area contributed by atoms with Crippen LogP contribution in [0.15, 0.2) is 78.0 Å². The average Bonchev–Trinajstić information content (AvgIpc) is 3.09. The minimum atomic E-state index is -3.77. The Bertz CT molecular complexity index is 1870. The van der Waals surface area contributed by atoms with E-state index in [9.17, 15) is 13.2 Å². The molecule has 264 valence electrons. The number of nitrogens with zero attached hydrogens (tertiary/aromatic N) is 5. The first kappa shape index (κ1) is 35.2. The zero-order valence-electron chi connectivity index (χ0n) is 29.0. The number of carbonyl (C=O) groups excluding carboxylic acids is 1. The maximum Gasteiger partial charge on any atom is 0.317 e. The van der Waals surface area contributed by atoms with E-state index in [2.05, 4.69) is 31.6 Å². The second kappa shape index (κ2) is 15.5. The summed E-state index contributed by atoms with van der Waals surface area (Å²) in [5.74, 6) is 1.48. The summed E-state index contributed by atoms with van der Waals surface area (Å²) in [5, 5.41) is 6.27. The number of carbonyl (C=O) groups is 1. The van der Waals surface area contributed by atoms with Gasteiger partial charge in [0.05, 0.1) is 54.4 Å². The Morgan fingerprint density at radius 2 is 1.74 bits per heavy atom. The topological polar surface area (TPSA) is 139 Å². The Labute approximate surface area is 294 Å². The van der Waals surface area contributed by atoms with Crippen LogP contribution in [-0.4, -0.2) is 79.3 Å². The smallest absolute Gasteiger partial charge is 0.317 e. The van der Waals surface area contributed by atoms with Crippen LogP contribution in [0.3, 0.4) is 0 Å². The monoisotopic (exact) mass is 699 g/mol. The van der Waals surface area contributed by atoms with E-state index >= 15 is 0 Å². The number of urea groups is 1. The van der Waals surface area contributed by atoms with Crippen LogP contribution in [0.4, 0.5) is 22.2 Å². The van der Waals surface area contributed by atoms with Crippen molar-refractivity contribution in [3.05, 3.63) is 89.7 Å². The van der Waals surface area contributed by atoms with Gasteiger partial charge in [-0.15, -0.1) is 0 Å². The molecule has 13 heteroatoms. The predicted octanol–water partition coefficient (Wildman–Crippen LogP) is 5.84. The fraction of sp³-hybridized carbons (Fsp3) is 0.405. The summed E-state index contributed by atoms with van der Waals surface area (Å²) in [5.41, 5.74) is 5.60. The fourth-order valence-corrected chi connectivity index (χ4v) is 7.03. The maximum absolute atomic E-state index is 12.6. The van der Waals surface area contributed by atoms with E-state index < -0.39 is 10.1 Å². The third-order valence-corrected chi connectivity index (χ3v) is 10.3. The lowest BCUT2D eigenvalue weighted by Gasteiger charge is -2.39. The Balaban J connectivity index is 0.972. The van der Waals surface area contributed by atoms with E-state index in [-0.39, 0.29) is 35.7 Å². The van der Waals surface area contributed by atoms with Crippen molar-refractivity contribution in [3.8, 4) is 11.3 Å². The number of hydrogen-bond acceptors (Lipinski definition) is 10. The number of aryl methyl sites for hydroxylation is 2. The fourth-order valence-electron chi connectivity index (χ4n) is 6.05. The van der Waals surface area contributed by atoms with E-state index in [0.29, 0.717) is 25.6 Å². The third kappa shape index (κ3) is 8.95. The van der Waals surface area contributed by atoms with E-state index in [0.717, 1.165) is 65.4 Å². The zero-order valence-corrected chi connectivity index (χ0v) is 29.8. The Morgan fingerprint density at radius 1 is 0.980 bits per heavy atom. The van der Waals surface area contributed by atoms with Gasteiger partial charge < -0.3 is 25.2 Å². The number of ether oxygens (including phenoxy) is 1. The summed E-state index contributed by atoms with van der Waals surface area (Å²) < 4.78 is 36.3. The molecule has 2 aromatic carbocycles. The molecule has 50 heavy (non-hydrogen) atoms. The van der Waals surface area contributed by atoms with Crippen molar-refractivity contribution in [2.24, 2.45) is 5.92 Å². The molecule has 4 heterocycles. The number of piperidine rings is 1. The molecule has 0 aliphatic carbocycles. The number of amides is 2. The van der Waals surface area contributed by atoms with Crippen LogP contribution in [0.5, 0.6) is 0 Å². The highest BCUT2D eigenvalue weighted by Gasteiger charge is 2.31. The van der Waals surface area contributed by atoms with Gasteiger partial charge in [0.25, 0.3) is 10.1 Å². The highest BCUT2D eigenvalue weighted by atomic mass is 32.2. The van der Waals surface area contributed by atoms with Crippen molar-refractivity contribution < 1.29 is 22.1 Å². The lowest BCUT2D eigenvalue weighted by Crippen LogP contribution is -2.58. The highest BCUT2D eigenvalue weighted by Crippen LogP contribution is 2.26. The molecule has 12 nitrogen and oxygen atoms in total. The SMILES string of the molecule is Cc1ccc(S(=O)(=O)OCC2CCN(c3ccc(Nc4nccc(-c5ccc(CNC(=O)N6CC(OC(C)C)C6)c(C)c5)n4)cn3)CC2)cc1. The Morgan fingerprint density at radius 3 is 2.42 bits per heavy atom. The lowest BCUT2D eigenvalue weighted by atomic mass is 9.98. The lowest BCUT2D eigenvalue weighted by molar-refractivity contribution is -0.0641. The van der Waals surface area contributed by atoms with E-state index in [4.69, 9.17) is 13.9 Å². The van der Waals surface area contributed by atoms with Crippen LogP contribution >= 0.6 is 0 Å². The predicted molar refractivity (Wildman–Crippen MR) is 193 cm³/mol. The maximum atomic E-state index is 12.6. The van der Waals surface area contributed by atoms with E-state index in [1.165, 1.54) is 0 Å². The third-order valence-electron chi connectivity index (χ3n) is 9.03. The number of hydrogen-bond donors (Lipinski definition) is 2. The first-order valence-electron chi connectivity index (χ1n) is 17.1. The number of pyridine rings is 1. The van der Waals surface area contributed by atoms with E-state index in [1.54, 1.807) is 41.6 Å². The summed E-state index contributed by atoms with van der Waals surface area (Å²) in [7, 11) is -3.77. The average molecular weight is 700 g/mol. The van der Waals surface area contributed by atoms with Gasteiger partial charge in [-0.05, 0) is 94.0 Å². The van der Waals surface area contributed by atoms with Crippen LogP contribution in [0.25, 0.3) is 11.3 Å². The van der Waals surface area contributed by atoms with Gasteiger partial charge in [0, 0.05) is 31.4 Å². The molecule has 0 atom stereocenters.